The van der Waals surface area contributed by atoms with Gasteiger partial charge in [-0.1, -0.05) is 20.8 Å². The molecule has 1 aliphatic rings. The van der Waals surface area contributed by atoms with Gasteiger partial charge in [0.05, 0.1) is 18.8 Å². The van der Waals surface area contributed by atoms with Crippen molar-refractivity contribution in [2.24, 2.45) is 5.41 Å². The fraction of sp³-hybridized carbons (Fsp3) is 1.00. The lowest BCUT2D eigenvalue weighted by Gasteiger charge is -2.38. The van der Waals surface area contributed by atoms with E-state index < -0.39 is 18.3 Å². The van der Waals surface area contributed by atoms with Gasteiger partial charge < -0.3 is 20.1 Å². The SMILES string of the molecule is CC(C)(C)C[C@H]1C[C@@H](O)[C@@H](O)C(CO)O1. The molecule has 1 rings (SSSR count). The molecule has 15 heavy (non-hydrogen) atoms. The third-order valence-corrected chi connectivity index (χ3v) is 2.67. The smallest absolute Gasteiger partial charge is 0.109 e. The van der Waals surface area contributed by atoms with E-state index in [9.17, 15) is 10.2 Å². The van der Waals surface area contributed by atoms with Crippen molar-refractivity contribution < 1.29 is 20.1 Å². The molecule has 1 fully saturated rings. The molecule has 0 amide bonds. The highest BCUT2D eigenvalue weighted by atomic mass is 16.5. The minimum absolute atomic E-state index is 0.0828. The van der Waals surface area contributed by atoms with Gasteiger partial charge in [0.2, 0.25) is 0 Å². The zero-order valence-corrected chi connectivity index (χ0v) is 9.68. The Hall–Kier alpha value is -0.160. The Labute approximate surface area is 90.9 Å². The average Bonchev–Trinajstić information content (AvgIpc) is 2.08. The second kappa shape index (κ2) is 4.78. The molecule has 4 heteroatoms. The third kappa shape index (κ3) is 3.72. The normalized spacial score (nSPS) is 38.0. The fourth-order valence-electron chi connectivity index (χ4n) is 2.01. The first-order valence-corrected chi connectivity index (χ1v) is 5.46. The molecule has 0 aromatic rings. The summed E-state index contributed by atoms with van der Waals surface area (Å²) in [6.07, 6.45) is -1.24. The molecule has 0 radical (unpaired) electrons. The molecule has 1 heterocycles. The van der Waals surface area contributed by atoms with E-state index in [0.29, 0.717) is 6.42 Å². The minimum atomic E-state index is -0.966. The van der Waals surface area contributed by atoms with Gasteiger partial charge in [-0.15, -0.1) is 0 Å². The van der Waals surface area contributed by atoms with Crippen LogP contribution in [0.2, 0.25) is 0 Å². The van der Waals surface area contributed by atoms with Crippen LogP contribution in [0.15, 0.2) is 0 Å². The van der Waals surface area contributed by atoms with Gasteiger partial charge in [0.25, 0.3) is 0 Å². The Bertz CT molecular complexity index is 199. The van der Waals surface area contributed by atoms with Crippen LogP contribution in [0, 0.1) is 5.41 Å². The molecule has 0 aromatic heterocycles. The Morgan fingerprint density at radius 2 is 1.87 bits per heavy atom. The highest BCUT2D eigenvalue weighted by molar-refractivity contribution is 4.86. The number of rotatable bonds is 2. The van der Waals surface area contributed by atoms with Gasteiger partial charge in [-0.05, 0) is 11.8 Å². The zero-order valence-electron chi connectivity index (χ0n) is 9.68. The minimum Gasteiger partial charge on any atom is -0.394 e. The van der Waals surface area contributed by atoms with E-state index in [1.165, 1.54) is 0 Å². The van der Waals surface area contributed by atoms with Crippen LogP contribution in [0.3, 0.4) is 0 Å². The third-order valence-electron chi connectivity index (χ3n) is 2.67. The predicted molar refractivity (Wildman–Crippen MR) is 56.4 cm³/mol. The highest BCUT2D eigenvalue weighted by Crippen LogP contribution is 2.29. The van der Waals surface area contributed by atoms with E-state index in [-0.39, 0.29) is 18.1 Å². The second-order valence-corrected chi connectivity index (χ2v) is 5.54. The van der Waals surface area contributed by atoms with Gasteiger partial charge in [-0.2, -0.15) is 0 Å². The van der Waals surface area contributed by atoms with E-state index in [1.54, 1.807) is 0 Å². The van der Waals surface area contributed by atoms with Gasteiger partial charge >= 0.3 is 0 Å². The van der Waals surface area contributed by atoms with Crippen LogP contribution in [0.25, 0.3) is 0 Å². The van der Waals surface area contributed by atoms with Crippen molar-refractivity contribution >= 4 is 0 Å². The maximum Gasteiger partial charge on any atom is 0.109 e. The first-order valence-electron chi connectivity index (χ1n) is 5.46. The fourth-order valence-corrected chi connectivity index (χ4v) is 2.01. The lowest BCUT2D eigenvalue weighted by Crippen LogP contribution is -2.50. The van der Waals surface area contributed by atoms with Crippen LogP contribution in [-0.4, -0.2) is 46.3 Å². The van der Waals surface area contributed by atoms with Crippen LogP contribution >= 0.6 is 0 Å². The molecule has 4 nitrogen and oxygen atoms in total. The topological polar surface area (TPSA) is 69.9 Å². The van der Waals surface area contributed by atoms with Crippen molar-refractivity contribution in [2.45, 2.75) is 58.0 Å². The number of ether oxygens (including phenoxy) is 1. The number of aliphatic hydroxyl groups excluding tert-OH is 3. The van der Waals surface area contributed by atoms with Crippen molar-refractivity contribution in [2.75, 3.05) is 6.61 Å². The molecule has 1 unspecified atom stereocenters. The summed E-state index contributed by atoms with van der Waals surface area (Å²) >= 11 is 0. The van der Waals surface area contributed by atoms with Crippen LogP contribution in [0.1, 0.15) is 33.6 Å². The molecule has 0 aliphatic carbocycles. The molecule has 1 saturated heterocycles. The van der Waals surface area contributed by atoms with Gasteiger partial charge in [0.15, 0.2) is 0 Å². The standard InChI is InChI=1S/C11H22O4/c1-11(2,3)5-7-4-8(13)10(14)9(6-12)15-7/h7-10,12-14H,4-6H2,1-3H3/t7-,8-,9?,10-/m1/s1. The maximum atomic E-state index is 9.61. The number of hydrogen-bond donors (Lipinski definition) is 3. The first-order chi connectivity index (χ1) is 6.83. The Balaban J connectivity index is 2.55. The molecule has 4 atom stereocenters. The molecular formula is C11H22O4. The molecule has 1 aliphatic heterocycles. The van der Waals surface area contributed by atoms with E-state index in [2.05, 4.69) is 20.8 Å². The van der Waals surface area contributed by atoms with Crippen molar-refractivity contribution in [1.29, 1.82) is 0 Å². The molecule has 0 spiro atoms. The van der Waals surface area contributed by atoms with Crippen molar-refractivity contribution in [3.05, 3.63) is 0 Å². The first kappa shape index (κ1) is 12.9. The van der Waals surface area contributed by atoms with Gasteiger partial charge in [-0.25, -0.2) is 0 Å². The molecular weight excluding hydrogens is 196 g/mol. The van der Waals surface area contributed by atoms with Gasteiger partial charge in [0, 0.05) is 6.42 Å². The summed E-state index contributed by atoms with van der Waals surface area (Å²) in [6.45, 7) is 6.05. The summed E-state index contributed by atoms with van der Waals surface area (Å²) in [5.74, 6) is 0. The highest BCUT2D eigenvalue weighted by Gasteiger charge is 2.37. The molecule has 3 N–H and O–H groups in total. The van der Waals surface area contributed by atoms with E-state index in [0.717, 1.165) is 6.42 Å². The number of hydrogen-bond acceptors (Lipinski definition) is 4. The summed E-state index contributed by atoms with van der Waals surface area (Å²) in [4.78, 5) is 0. The van der Waals surface area contributed by atoms with Crippen LogP contribution in [0.5, 0.6) is 0 Å². The lowest BCUT2D eigenvalue weighted by molar-refractivity contribution is -0.185. The Morgan fingerprint density at radius 1 is 1.27 bits per heavy atom. The Morgan fingerprint density at radius 3 is 2.33 bits per heavy atom. The maximum absolute atomic E-state index is 9.61. The summed E-state index contributed by atoms with van der Waals surface area (Å²) in [7, 11) is 0. The molecule has 0 saturated carbocycles. The average molecular weight is 218 g/mol. The second-order valence-electron chi connectivity index (χ2n) is 5.54. The quantitative estimate of drug-likeness (QED) is 0.623. The summed E-state index contributed by atoms with van der Waals surface area (Å²) in [5.41, 5.74) is 0.118. The monoisotopic (exact) mass is 218 g/mol. The van der Waals surface area contributed by atoms with Crippen molar-refractivity contribution in [3.8, 4) is 0 Å². The number of aliphatic hydroxyl groups is 3. The van der Waals surface area contributed by atoms with Crippen LogP contribution in [0.4, 0.5) is 0 Å². The predicted octanol–water partition coefficient (Wildman–Crippen LogP) is 0.294. The molecule has 0 bridgehead atoms. The largest absolute Gasteiger partial charge is 0.394 e. The van der Waals surface area contributed by atoms with Crippen molar-refractivity contribution in [3.63, 3.8) is 0 Å². The lowest BCUT2D eigenvalue weighted by atomic mass is 9.85. The van der Waals surface area contributed by atoms with E-state index in [4.69, 9.17) is 9.84 Å². The van der Waals surface area contributed by atoms with Crippen molar-refractivity contribution in [1.82, 2.24) is 0 Å². The van der Waals surface area contributed by atoms with Gasteiger partial charge in [-0.3, -0.25) is 0 Å². The summed E-state index contributed by atoms with van der Waals surface area (Å²) in [5, 5.41) is 28.1. The van der Waals surface area contributed by atoms with Crippen LogP contribution in [-0.2, 0) is 4.74 Å². The molecule has 0 aromatic carbocycles. The van der Waals surface area contributed by atoms with Gasteiger partial charge in [0.1, 0.15) is 12.2 Å². The van der Waals surface area contributed by atoms with Crippen LogP contribution < -0.4 is 0 Å². The van der Waals surface area contributed by atoms with E-state index >= 15 is 0 Å². The summed E-state index contributed by atoms with van der Waals surface area (Å²) in [6, 6.07) is 0. The zero-order chi connectivity index (χ0) is 11.6. The Kier molecular flexibility index (Phi) is 4.12. The summed E-state index contributed by atoms with van der Waals surface area (Å²) < 4.78 is 5.53. The molecule has 90 valence electrons. The van der Waals surface area contributed by atoms with E-state index in [1.807, 2.05) is 0 Å².